The van der Waals surface area contributed by atoms with Gasteiger partial charge in [-0.05, 0) is 19.1 Å². The van der Waals surface area contributed by atoms with Gasteiger partial charge in [-0.15, -0.1) is 23.2 Å². The highest BCUT2D eigenvalue weighted by atomic mass is 35.5. The zero-order chi connectivity index (χ0) is 12.8. The summed E-state index contributed by atoms with van der Waals surface area (Å²) in [6.45, 7) is 3.82. The Hall–Kier alpha value is -0.380. The van der Waals surface area contributed by atoms with Crippen LogP contribution in [0.1, 0.15) is 18.9 Å². The Bertz CT molecular complexity index is 367. The lowest BCUT2D eigenvalue weighted by atomic mass is 10.2. The Morgan fingerprint density at radius 3 is 2.41 bits per heavy atom. The zero-order valence-electron chi connectivity index (χ0n) is 9.74. The summed E-state index contributed by atoms with van der Waals surface area (Å²) in [6, 6.07) is 8.00. The molecular formula is C12H15Cl2NOS. The van der Waals surface area contributed by atoms with Crippen molar-refractivity contribution in [3.63, 3.8) is 0 Å². The average Bonchev–Trinajstić information content (AvgIpc) is 2.30. The molecule has 1 aromatic carbocycles. The van der Waals surface area contributed by atoms with Crippen LogP contribution in [0.4, 0.5) is 0 Å². The van der Waals surface area contributed by atoms with E-state index in [1.54, 1.807) is 6.92 Å². The van der Waals surface area contributed by atoms with Gasteiger partial charge in [-0.3, -0.25) is 4.79 Å². The number of hydrogen-bond acceptors (Lipinski definition) is 2. The third kappa shape index (κ3) is 5.19. The van der Waals surface area contributed by atoms with Gasteiger partial charge in [0, 0.05) is 11.3 Å². The molecule has 0 saturated carbocycles. The quantitative estimate of drug-likeness (QED) is 0.509. The van der Waals surface area contributed by atoms with Crippen LogP contribution in [0.25, 0.3) is 0 Å². The summed E-state index contributed by atoms with van der Waals surface area (Å²) in [6.07, 6.45) is 0.422. The van der Waals surface area contributed by atoms with Gasteiger partial charge in [-0.2, -0.15) is 0 Å². The topological polar surface area (TPSA) is 29.1 Å². The van der Waals surface area contributed by atoms with Crippen molar-refractivity contribution in [3.8, 4) is 0 Å². The number of rotatable bonds is 5. The maximum atomic E-state index is 11.3. The number of hydrogen-bond donors (Lipinski definition) is 1. The van der Waals surface area contributed by atoms with Crippen molar-refractivity contribution in [2.24, 2.45) is 0 Å². The second kappa shape index (κ2) is 7.14. The van der Waals surface area contributed by atoms with Gasteiger partial charge in [0.15, 0.2) is 0 Å². The van der Waals surface area contributed by atoms with Gasteiger partial charge in [0.1, 0.15) is 10.2 Å². The maximum absolute atomic E-state index is 11.3. The van der Waals surface area contributed by atoms with Crippen molar-refractivity contribution in [1.29, 1.82) is 0 Å². The van der Waals surface area contributed by atoms with Gasteiger partial charge in [0.05, 0.1) is 0 Å². The van der Waals surface area contributed by atoms with Crippen LogP contribution in [0, 0.1) is 6.92 Å². The van der Waals surface area contributed by atoms with E-state index < -0.39 is 4.84 Å². The van der Waals surface area contributed by atoms with Gasteiger partial charge in [0.2, 0.25) is 5.91 Å². The maximum Gasteiger partial charge on any atom is 0.220 e. The number of thioether (sulfide) groups is 1. The highest BCUT2D eigenvalue weighted by Gasteiger charge is 2.19. The van der Waals surface area contributed by atoms with E-state index >= 15 is 0 Å². The molecule has 5 heteroatoms. The van der Waals surface area contributed by atoms with Crippen molar-refractivity contribution in [2.75, 3.05) is 0 Å². The monoisotopic (exact) mass is 291 g/mol. The van der Waals surface area contributed by atoms with E-state index in [1.807, 2.05) is 31.2 Å². The Labute approximate surface area is 116 Å². The molecule has 1 aromatic rings. The second-order valence-corrected chi connectivity index (χ2v) is 5.99. The van der Waals surface area contributed by atoms with Crippen LogP contribution in [-0.2, 0) is 4.79 Å². The van der Waals surface area contributed by atoms with E-state index in [0.717, 1.165) is 4.90 Å². The van der Waals surface area contributed by atoms with Crippen molar-refractivity contribution >= 4 is 40.9 Å². The third-order valence-electron chi connectivity index (χ3n) is 2.14. The Morgan fingerprint density at radius 2 is 1.94 bits per heavy atom. The van der Waals surface area contributed by atoms with E-state index in [2.05, 4.69) is 5.32 Å². The van der Waals surface area contributed by atoms with E-state index in [-0.39, 0.29) is 11.3 Å². The molecule has 1 atom stereocenters. The number of amides is 1. The van der Waals surface area contributed by atoms with Crippen LogP contribution in [0.2, 0.25) is 0 Å². The lowest BCUT2D eigenvalue weighted by Crippen LogP contribution is -2.36. The molecule has 17 heavy (non-hydrogen) atoms. The molecule has 0 saturated heterocycles. The van der Waals surface area contributed by atoms with Gasteiger partial charge >= 0.3 is 0 Å². The number of halogens is 2. The van der Waals surface area contributed by atoms with Crippen LogP contribution in [0.5, 0.6) is 0 Å². The van der Waals surface area contributed by atoms with Crippen molar-refractivity contribution in [3.05, 3.63) is 29.8 Å². The molecule has 2 nitrogen and oxygen atoms in total. The smallest absolute Gasteiger partial charge is 0.220 e. The number of aryl methyl sites for hydroxylation is 1. The SMILES string of the molecule is CCC(=O)N[C@H](Sc1ccc(C)cc1)C(Cl)Cl. The van der Waals surface area contributed by atoms with Crippen molar-refractivity contribution in [1.82, 2.24) is 5.32 Å². The first-order valence-corrected chi connectivity index (χ1v) is 7.09. The minimum Gasteiger partial charge on any atom is -0.341 e. The fourth-order valence-corrected chi connectivity index (χ4v) is 2.48. The van der Waals surface area contributed by atoms with Gasteiger partial charge < -0.3 is 5.32 Å². The van der Waals surface area contributed by atoms with Crippen LogP contribution < -0.4 is 5.32 Å². The second-order valence-electron chi connectivity index (χ2n) is 3.61. The zero-order valence-corrected chi connectivity index (χ0v) is 12.1. The summed E-state index contributed by atoms with van der Waals surface area (Å²) in [5.41, 5.74) is 1.19. The molecule has 0 fully saturated rings. The van der Waals surface area contributed by atoms with E-state index in [4.69, 9.17) is 23.2 Å². The molecule has 0 aliphatic rings. The first-order valence-electron chi connectivity index (χ1n) is 5.33. The van der Waals surface area contributed by atoms with Gasteiger partial charge in [-0.25, -0.2) is 0 Å². The van der Waals surface area contributed by atoms with Crippen molar-refractivity contribution < 1.29 is 4.79 Å². The molecule has 0 aliphatic heterocycles. The van der Waals surface area contributed by atoms with Crippen LogP contribution in [-0.4, -0.2) is 16.1 Å². The number of carbonyl (C=O) groups is 1. The summed E-state index contributed by atoms with van der Waals surface area (Å²) in [4.78, 5) is 11.7. The predicted octanol–water partition coefficient (Wildman–Crippen LogP) is 3.74. The molecule has 0 heterocycles. The van der Waals surface area contributed by atoms with Gasteiger partial charge in [0.25, 0.3) is 0 Å². The molecule has 1 rings (SSSR count). The summed E-state index contributed by atoms with van der Waals surface area (Å²) in [5.74, 6) is -0.0547. The molecule has 0 aromatic heterocycles. The van der Waals surface area contributed by atoms with Crippen LogP contribution in [0.3, 0.4) is 0 Å². The average molecular weight is 292 g/mol. The molecular weight excluding hydrogens is 277 g/mol. The molecule has 0 radical (unpaired) electrons. The van der Waals surface area contributed by atoms with E-state index in [1.165, 1.54) is 17.3 Å². The number of alkyl halides is 2. The minimum absolute atomic E-state index is 0.0547. The fraction of sp³-hybridized carbons (Fsp3) is 0.417. The van der Waals surface area contributed by atoms with Crippen molar-refractivity contribution in [2.45, 2.75) is 35.4 Å². The highest BCUT2D eigenvalue weighted by Crippen LogP contribution is 2.28. The summed E-state index contributed by atoms with van der Waals surface area (Å²) in [7, 11) is 0. The Morgan fingerprint density at radius 1 is 1.35 bits per heavy atom. The lowest BCUT2D eigenvalue weighted by molar-refractivity contribution is -0.120. The number of nitrogens with one attached hydrogen (secondary N) is 1. The molecule has 0 spiro atoms. The first-order chi connectivity index (χ1) is 8.02. The molecule has 0 unspecified atom stereocenters. The number of benzene rings is 1. The van der Waals surface area contributed by atoms with Crippen LogP contribution >= 0.6 is 35.0 Å². The van der Waals surface area contributed by atoms with E-state index in [9.17, 15) is 4.79 Å². The third-order valence-corrected chi connectivity index (χ3v) is 4.13. The standard InChI is InChI=1S/C12H15Cl2NOS/c1-3-10(16)15-12(11(13)14)17-9-6-4-8(2)5-7-9/h4-7,11-12H,3H2,1-2H3,(H,15,16)/t12-/m1/s1. The van der Waals surface area contributed by atoms with Gasteiger partial charge in [-0.1, -0.05) is 36.4 Å². The molecule has 1 N–H and O–H groups in total. The van der Waals surface area contributed by atoms with E-state index in [0.29, 0.717) is 6.42 Å². The minimum atomic E-state index is -0.642. The first kappa shape index (κ1) is 14.7. The Balaban J connectivity index is 2.66. The number of carbonyl (C=O) groups excluding carboxylic acids is 1. The Kier molecular flexibility index (Phi) is 6.17. The predicted molar refractivity (Wildman–Crippen MR) is 74.8 cm³/mol. The largest absolute Gasteiger partial charge is 0.341 e. The van der Waals surface area contributed by atoms with Crippen LogP contribution in [0.15, 0.2) is 29.2 Å². The molecule has 0 bridgehead atoms. The highest BCUT2D eigenvalue weighted by molar-refractivity contribution is 8.00. The molecule has 0 aliphatic carbocycles. The molecule has 94 valence electrons. The lowest BCUT2D eigenvalue weighted by Gasteiger charge is -2.18. The summed E-state index contributed by atoms with van der Waals surface area (Å²) < 4.78 is 0. The molecule has 1 amide bonds. The fourth-order valence-electron chi connectivity index (χ4n) is 1.17. The summed E-state index contributed by atoms with van der Waals surface area (Å²) in [5, 5.41) is 2.46. The normalized spacial score (nSPS) is 12.5. The summed E-state index contributed by atoms with van der Waals surface area (Å²) >= 11 is 13.2.